The van der Waals surface area contributed by atoms with E-state index in [1.807, 2.05) is 13.0 Å². The van der Waals surface area contributed by atoms with Gasteiger partial charge in [0.25, 0.3) is 11.8 Å². The van der Waals surface area contributed by atoms with Gasteiger partial charge in [-0.15, -0.1) is 0 Å². The fourth-order valence-electron chi connectivity index (χ4n) is 2.04. The average Bonchev–Trinajstić information content (AvgIpc) is 2.66. The van der Waals surface area contributed by atoms with Gasteiger partial charge in [0.2, 0.25) is 0 Å². The number of rotatable bonds is 8. The summed E-state index contributed by atoms with van der Waals surface area (Å²) < 4.78 is 10.1. The fraction of sp³-hybridized carbons (Fsp3) is 0.211. The van der Waals surface area contributed by atoms with Crippen LogP contribution in [-0.4, -0.2) is 37.5 Å². The summed E-state index contributed by atoms with van der Waals surface area (Å²) in [4.78, 5) is 35.3. The van der Waals surface area contributed by atoms with E-state index in [2.05, 4.69) is 10.6 Å². The maximum absolute atomic E-state index is 12.0. The van der Waals surface area contributed by atoms with E-state index < -0.39 is 24.4 Å². The van der Waals surface area contributed by atoms with E-state index in [0.717, 1.165) is 0 Å². The van der Waals surface area contributed by atoms with Gasteiger partial charge in [0.05, 0.1) is 6.61 Å². The number of para-hydroxylation sites is 1. The lowest BCUT2D eigenvalue weighted by atomic mass is 10.2. The maximum atomic E-state index is 12.0. The van der Waals surface area contributed by atoms with Crippen molar-refractivity contribution in [2.75, 3.05) is 25.1 Å². The van der Waals surface area contributed by atoms with Gasteiger partial charge in [-0.3, -0.25) is 14.4 Å². The Balaban J connectivity index is 1.70. The molecule has 0 bridgehead atoms. The average molecular weight is 356 g/mol. The molecule has 0 aliphatic heterocycles. The zero-order chi connectivity index (χ0) is 18.8. The molecule has 26 heavy (non-hydrogen) atoms. The second-order valence-electron chi connectivity index (χ2n) is 5.21. The highest BCUT2D eigenvalue weighted by Gasteiger charge is 2.11. The summed E-state index contributed by atoms with van der Waals surface area (Å²) in [6.07, 6.45) is 0. The van der Waals surface area contributed by atoms with Gasteiger partial charge >= 0.3 is 5.97 Å². The van der Waals surface area contributed by atoms with Crippen LogP contribution in [0.3, 0.4) is 0 Å². The Morgan fingerprint density at radius 2 is 1.65 bits per heavy atom. The molecule has 0 radical (unpaired) electrons. The van der Waals surface area contributed by atoms with Gasteiger partial charge in [0.15, 0.2) is 6.61 Å². The molecular weight excluding hydrogens is 336 g/mol. The van der Waals surface area contributed by atoms with Crippen LogP contribution in [0.1, 0.15) is 17.3 Å². The third kappa shape index (κ3) is 6.27. The van der Waals surface area contributed by atoms with Gasteiger partial charge in [0, 0.05) is 11.3 Å². The van der Waals surface area contributed by atoms with Crippen LogP contribution in [0.2, 0.25) is 0 Å². The summed E-state index contributed by atoms with van der Waals surface area (Å²) in [5.74, 6) is -0.915. The SMILES string of the molecule is CCOc1ccc(C(=O)NCC(=O)OCC(=O)Nc2ccccc2)cc1. The smallest absolute Gasteiger partial charge is 0.325 e. The van der Waals surface area contributed by atoms with Gasteiger partial charge in [-0.1, -0.05) is 18.2 Å². The normalized spacial score (nSPS) is 9.88. The van der Waals surface area contributed by atoms with Gasteiger partial charge in [-0.2, -0.15) is 0 Å². The number of hydrogen-bond acceptors (Lipinski definition) is 5. The van der Waals surface area contributed by atoms with E-state index in [1.54, 1.807) is 48.5 Å². The third-order valence-corrected chi connectivity index (χ3v) is 3.24. The molecule has 0 saturated heterocycles. The van der Waals surface area contributed by atoms with Crippen molar-refractivity contribution >= 4 is 23.5 Å². The highest BCUT2D eigenvalue weighted by Crippen LogP contribution is 2.11. The molecule has 0 unspecified atom stereocenters. The van der Waals surface area contributed by atoms with Crippen LogP contribution >= 0.6 is 0 Å². The Kier molecular flexibility index (Phi) is 7.17. The molecule has 0 spiro atoms. The molecule has 0 aliphatic rings. The van der Waals surface area contributed by atoms with E-state index in [4.69, 9.17) is 9.47 Å². The molecule has 2 rings (SSSR count). The van der Waals surface area contributed by atoms with Crippen molar-refractivity contribution in [2.24, 2.45) is 0 Å². The highest BCUT2D eigenvalue weighted by molar-refractivity contribution is 5.96. The predicted molar refractivity (Wildman–Crippen MR) is 96.0 cm³/mol. The van der Waals surface area contributed by atoms with Crippen molar-refractivity contribution in [2.45, 2.75) is 6.92 Å². The lowest BCUT2D eigenvalue weighted by molar-refractivity contribution is -0.146. The minimum Gasteiger partial charge on any atom is -0.494 e. The van der Waals surface area contributed by atoms with Crippen LogP contribution in [0.25, 0.3) is 0 Å². The second kappa shape index (κ2) is 9.83. The Labute approximate surface area is 151 Å². The Morgan fingerprint density at radius 1 is 0.962 bits per heavy atom. The quantitative estimate of drug-likeness (QED) is 0.706. The van der Waals surface area contributed by atoms with Crippen molar-refractivity contribution in [3.63, 3.8) is 0 Å². The lowest BCUT2D eigenvalue weighted by Crippen LogP contribution is -2.32. The number of anilines is 1. The summed E-state index contributed by atoms with van der Waals surface area (Å²) in [5.41, 5.74) is 1.00. The molecule has 2 amide bonds. The Hall–Kier alpha value is -3.35. The summed E-state index contributed by atoms with van der Waals surface area (Å²) in [6, 6.07) is 15.3. The summed E-state index contributed by atoms with van der Waals surface area (Å²) in [6.45, 7) is 1.65. The minimum absolute atomic E-state index is 0.329. The van der Waals surface area contributed by atoms with Crippen LogP contribution in [0.5, 0.6) is 5.75 Å². The molecule has 0 aliphatic carbocycles. The number of carbonyl (C=O) groups is 3. The van der Waals surface area contributed by atoms with Crippen LogP contribution in [0, 0.1) is 0 Å². The van der Waals surface area contributed by atoms with Crippen LogP contribution in [-0.2, 0) is 14.3 Å². The number of hydrogen-bond donors (Lipinski definition) is 2. The standard InChI is InChI=1S/C19H20N2O5/c1-2-25-16-10-8-14(9-11-16)19(24)20-12-18(23)26-13-17(22)21-15-6-4-3-5-7-15/h3-11H,2,12-13H2,1H3,(H,20,24)(H,21,22). The molecule has 136 valence electrons. The van der Waals surface area contributed by atoms with Crippen molar-refractivity contribution in [1.82, 2.24) is 5.32 Å². The van der Waals surface area contributed by atoms with E-state index in [-0.39, 0.29) is 6.54 Å². The maximum Gasteiger partial charge on any atom is 0.325 e. The number of amides is 2. The zero-order valence-electron chi connectivity index (χ0n) is 14.4. The number of benzene rings is 2. The molecule has 0 aromatic heterocycles. The molecule has 0 fully saturated rings. The van der Waals surface area contributed by atoms with Crippen LogP contribution in [0.4, 0.5) is 5.69 Å². The number of esters is 1. The Morgan fingerprint density at radius 3 is 2.31 bits per heavy atom. The summed E-state index contributed by atoms with van der Waals surface area (Å²) in [7, 11) is 0. The molecular formula is C19H20N2O5. The number of nitrogens with one attached hydrogen (secondary N) is 2. The molecule has 7 heteroatoms. The largest absolute Gasteiger partial charge is 0.494 e. The van der Waals surface area contributed by atoms with Crippen LogP contribution in [0.15, 0.2) is 54.6 Å². The lowest BCUT2D eigenvalue weighted by Gasteiger charge is -2.08. The molecule has 2 aromatic carbocycles. The fourth-order valence-corrected chi connectivity index (χ4v) is 2.04. The molecule has 0 atom stereocenters. The van der Waals surface area contributed by atoms with Crippen molar-refractivity contribution in [1.29, 1.82) is 0 Å². The molecule has 2 N–H and O–H groups in total. The summed E-state index contributed by atoms with van der Waals surface area (Å²) in [5, 5.41) is 5.03. The van der Waals surface area contributed by atoms with Crippen LogP contribution < -0.4 is 15.4 Å². The van der Waals surface area contributed by atoms with Gasteiger partial charge in [-0.05, 0) is 43.3 Å². The second-order valence-corrected chi connectivity index (χ2v) is 5.21. The first-order chi connectivity index (χ1) is 12.6. The highest BCUT2D eigenvalue weighted by atomic mass is 16.5. The van der Waals surface area contributed by atoms with Crippen molar-refractivity contribution in [3.05, 3.63) is 60.2 Å². The third-order valence-electron chi connectivity index (χ3n) is 3.24. The minimum atomic E-state index is -0.701. The number of carbonyl (C=O) groups excluding carboxylic acids is 3. The van der Waals surface area contributed by atoms with E-state index in [0.29, 0.717) is 23.6 Å². The first-order valence-electron chi connectivity index (χ1n) is 8.10. The summed E-state index contributed by atoms with van der Waals surface area (Å²) >= 11 is 0. The van der Waals surface area contributed by atoms with Gasteiger partial charge in [0.1, 0.15) is 12.3 Å². The van der Waals surface area contributed by atoms with Crippen molar-refractivity contribution in [3.8, 4) is 5.75 Å². The monoisotopic (exact) mass is 356 g/mol. The molecule has 7 nitrogen and oxygen atoms in total. The van der Waals surface area contributed by atoms with Crippen molar-refractivity contribution < 1.29 is 23.9 Å². The van der Waals surface area contributed by atoms with Gasteiger partial charge < -0.3 is 20.1 Å². The first-order valence-corrected chi connectivity index (χ1v) is 8.10. The van der Waals surface area contributed by atoms with E-state index in [1.165, 1.54) is 0 Å². The molecule has 0 saturated carbocycles. The van der Waals surface area contributed by atoms with E-state index in [9.17, 15) is 14.4 Å². The Bertz CT molecular complexity index is 744. The molecule has 2 aromatic rings. The number of ether oxygens (including phenoxy) is 2. The van der Waals surface area contributed by atoms with E-state index >= 15 is 0 Å². The zero-order valence-corrected chi connectivity index (χ0v) is 14.4. The van der Waals surface area contributed by atoms with Gasteiger partial charge in [-0.25, -0.2) is 0 Å². The topological polar surface area (TPSA) is 93.7 Å². The predicted octanol–water partition coefficient (Wildman–Crippen LogP) is 2.00. The molecule has 0 heterocycles. The first kappa shape index (κ1) is 19.0.